The van der Waals surface area contributed by atoms with Gasteiger partial charge < -0.3 is 10.1 Å². The average molecular weight is 260 g/mol. The van der Waals surface area contributed by atoms with E-state index in [1.165, 1.54) is 18.4 Å². The molecule has 19 heavy (non-hydrogen) atoms. The van der Waals surface area contributed by atoms with Gasteiger partial charge in [-0.25, -0.2) is 0 Å². The van der Waals surface area contributed by atoms with Crippen LogP contribution in [-0.2, 0) is 11.3 Å². The van der Waals surface area contributed by atoms with Gasteiger partial charge in [0.25, 0.3) is 0 Å². The summed E-state index contributed by atoms with van der Waals surface area (Å²) >= 11 is 0. The minimum Gasteiger partial charge on any atom is -0.383 e. The van der Waals surface area contributed by atoms with E-state index in [0.717, 1.165) is 38.8 Å². The van der Waals surface area contributed by atoms with Gasteiger partial charge in [-0.15, -0.1) is 0 Å². The lowest BCUT2D eigenvalue weighted by atomic mass is 9.90. The van der Waals surface area contributed by atoms with Crippen molar-refractivity contribution >= 4 is 0 Å². The maximum atomic E-state index is 5.25. The van der Waals surface area contributed by atoms with Crippen molar-refractivity contribution in [2.75, 3.05) is 33.4 Å². The molecule has 0 bridgehead atoms. The van der Waals surface area contributed by atoms with E-state index in [-0.39, 0.29) is 0 Å². The highest BCUT2D eigenvalue weighted by Gasteiger charge is 2.31. The van der Waals surface area contributed by atoms with Crippen molar-refractivity contribution in [2.24, 2.45) is 0 Å². The molecule has 0 spiro atoms. The van der Waals surface area contributed by atoms with Crippen molar-refractivity contribution in [1.82, 2.24) is 10.2 Å². The minimum absolute atomic E-state index is 0.627. The molecule has 1 aromatic carbocycles. The second-order valence-electron chi connectivity index (χ2n) is 5.75. The second-order valence-corrected chi connectivity index (χ2v) is 5.75. The van der Waals surface area contributed by atoms with E-state index < -0.39 is 0 Å². The summed E-state index contributed by atoms with van der Waals surface area (Å²) < 4.78 is 5.25. The summed E-state index contributed by atoms with van der Waals surface area (Å²) in [5.41, 5.74) is 3.02. The molecule has 1 unspecified atom stereocenters. The van der Waals surface area contributed by atoms with Crippen LogP contribution in [0.5, 0.6) is 0 Å². The van der Waals surface area contributed by atoms with E-state index in [0.29, 0.717) is 5.92 Å². The normalized spacial score (nSPS) is 22.5. The molecule has 3 rings (SSSR count). The van der Waals surface area contributed by atoms with Crippen LogP contribution in [0.3, 0.4) is 0 Å². The number of hydrogen-bond donors (Lipinski definition) is 1. The maximum absolute atomic E-state index is 5.25. The first-order valence-electron chi connectivity index (χ1n) is 7.40. The van der Waals surface area contributed by atoms with Crippen molar-refractivity contribution in [3.05, 3.63) is 35.4 Å². The lowest BCUT2D eigenvalue weighted by Crippen LogP contribution is -2.39. The Morgan fingerprint density at radius 2 is 2.16 bits per heavy atom. The Labute approximate surface area is 115 Å². The van der Waals surface area contributed by atoms with Gasteiger partial charge in [-0.05, 0) is 24.0 Å². The maximum Gasteiger partial charge on any atom is 0.0589 e. The Kier molecular flexibility index (Phi) is 4.16. The molecule has 0 amide bonds. The predicted octanol–water partition coefficient (Wildman–Crippen LogP) is 1.98. The molecule has 1 heterocycles. The topological polar surface area (TPSA) is 24.5 Å². The molecule has 1 aliphatic heterocycles. The van der Waals surface area contributed by atoms with Gasteiger partial charge in [0.05, 0.1) is 6.61 Å². The van der Waals surface area contributed by atoms with E-state index in [1.807, 2.05) is 0 Å². The lowest BCUT2D eigenvalue weighted by molar-refractivity contribution is 0.138. The lowest BCUT2D eigenvalue weighted by Gasteiger charge is -2.32. The number of benzene rings is 1. The third-order valence-corrected chi connectivity index (χ3v) is 4.30. The minimum atomic E-state index is 0.627. The fraction of sp³-hybridized carbons (Fsp3) is 0.625. The summed E-state index contributed by atoms with van der Waals surface area (Å²) in [4.78, 5) is 2.62. The molecule has 1 N–H and O–H groups in total. The molecule has 3 nitrogen and oxygen atoms in total. The summed E-state index contributed by atoms with van der Waals surface area (Å²) in [6, 6.07) is 9.69. The number of methoxy groups -OCH3 is 1. The van der Waals surface area contributed by atoms with Crippen LogP contribution in [-0.4, -0.2) is 44.3 Å². The quantitative estimate of drug-likeness (QED) is 0.846. The van der Waals surface area contributed by atoms with Crippen LogP contribution >= 0.6 is 0 Å². The first-order chi connectivity index (χ1) is 9.38. The molecule has 104 valence electrons. The molecular formula is C16H24N2O. The van der Waals surface area contributed by atoms with Crippen LogP contribution < -0.4 is 5.32 Å². The summed E-state index contributed by atoms with van der Waals surface area (Å²) in [5.74, 6) is 0.627. The highest BCUT2D eigenvalue weighted by Crippen LogP contribution is 2.31. The third-order valence-electron chi connectivity index (χ3n) is 4.30. The van der Waals surface area contributed by atoms with Crippen LogP contribution in [0.1, 0.15) is 29.9 Å². The zero-order valence-corrected chi connectivity index (χ0v) is 11.8. The van der Waals surface area contributed by atoms with Gasteiger partial charge in [0, 0.05) is 45.2 Å². The summed E-state index contributed by atoms with van der Waals surface area (Å²) in [6.45, 7) is 5.21. The Bertz CT molecular complexity index is 417. The zero-order valence-electron chi connectivity index (χ0n) is 11.8. The number of ether oxygens (including phenoxy) is 1. The zero-order chi connectivity index (χ0) is 13.1. The number of fused-ring (bicyclic) bond motifs is 1. The molecule has 0 saturated heterocycles. The second kappa shape index (κ2) is 6.04. The smallest absolute Gasteiger partial charge is 0.0589 e. The third kappa shape index (κ3) is 3.16. The number of rotatable bonds is 6. The van der Waals surface area contributed by atoms with Gasteiger partial charge in [0.15, 0.2) is 0 Å². The Hall–Kier alpha value is -0.900. The molecular weight excluding hydrogens is 236 g/mol. The molecule has 2 aliphatic rings. The van der Waals surface area contributed by atoms with Crippen molar-refractivity contribution in [3.8, 4) is 0 Å². The van der Waals surface area contributed by atoms with Gasteiger partial charge in [0.2, 0.25) is 0 Å². The first kappa shape index (κ1) is 13.1. The fourth-order valence-corrected chi connectivity index (χ4v) is 3.10. The number of nitrogens with one attached hydrogen (secondary N) is 1. The molecule has 0 radical (unpaired) electrons. The average Bonchev–Trinajstić information content (AvgIpc) is 3.28. The van der Waals surface area contributed by atoms with Crippen LogP contribution in [0.4, 0.5) is 0 Å². The van der Waals surface area contributed by atoms with Crippen molar-refractivity contribution in [3.63, 3.8) is 0 Å². The molecule has 1 aromatic rings. The SMILES string of the molecule is COCCN(CC1CNCc2ccccc21)C1CC1. The summed E-state index contributed by atoms with van der Waals surface area (Å²) in [7, 11) is 1.79. The van der Waals surface area contributed by atoms with Crippen molar-refractivity contribution in [2.45, 2.75) is 31.3 Å². The summed E-state index contributed by atoms with van der Waals surface area (Å²) in [6.07, 6.45) is 2.73. The highest BCUT2D eigenvalue weighted by molar-refractivity contribution is 5.33. The molecule has 0 aromatic heterocycles. The van der Waals surface area contributed by atoms with E-state index in [9.17, 15) is 0 Å². The molecule has 1 fully saturated rings. The van der Waals surface area contributed by atoms with E-state index in [2.05, 4.69) is 34.5 Å². The van der Waals surface area contributed by atoms with Crippen LogP contribution in [0.15, 0.2) is 24.3 Å². The molecule has 1 aliphatic carbocycles. The van der Waals surface area contributed by atoms with Gasteiger partial charge in [-0.2, -0.15) is 0 Å². The molecule has 3 heteroatoms. The van der Waals surface area contributed by atoms with Gasteiger partial charge in [0.1, 0.15) is 0 Å². The van der Waals surface area contributed by atoms with Crippen molar-refractivity contribution < 1.29 is 4.74 Å². The standard InChI is InChI=1S/C16H24N2O/c1-19-9-8-18(15-6-7-15)12-14-11-17-10-13-4-2-3-5-16(13)14/h2-5,14-15,17H,6-12H2,1H3. The van der Waals surface area contributed by atoms with Gasteiger partial charge >= 0.3 is 0 Å². The van der Waals surface area contributed by atoms with Gasteiger partial charge in [-0.3, -0.25) is 4.90 Å². The van der Waals surface area contributed by atoms with E-state index in [4.69, 9.17) is 4.74 Å². The fourth-order valence-electron chi connectivity index (χ4n) is 3.10. The predicted molar refractivity (Wildman–Crippen MR) is 77.4 cm³/mol. The first-order valence-corrected chi connectivity index (χ1v) is 7.40. The van der Waals surface area contributed by atoms with Crippen LogP contribution in [0.25, 0.3) is 0 Å². The number of hydrogen-bond acceptors (Lipinski definition) is 3. The Morgan fingerprint density at radius 1 is 1.32 bits per heavy atom. The number of nitrogens with zero attached hydrogens (tertiary/aromatic N) is 1. The van der Waals surface area contributed by atoms with E-state index in [1.54, 1.807) is 12.7 Å². The van der Waals surface area contributed by atoms with Crippen LogP contribution in [0.2, 0.25) is 0 Å². The van der Waals surface area contributed by atoms with Crippen LogP contribution in [0, 0.1) is 0 Å². The largest absolute Gasteiger partial charge is 0.383 e. The molecule has 1 saturated carbocycles. The monoisotopic (exact) mass is 260 g/mol. The Morgan fingerprint density at radius 3 is 2.95 bits per heavy atom. The highest BCUT2D eigenvalue weighted by atomic mass is 16.5. The van der Waals surface area contributed by atoms with Crippen molar-refractivity contribution in [1.29, 1.82) is 0 Å². The van der Waals surface area contributed by atoms with Gasteiger partial charge in [-0.1, -0.05) is 24.3 Å². The summed E-state index contributed by atoms with van der Waals surface area (Å²) in [5, 5.41) is 3.55. The Balaban J connectivity index is 1.68. The van der Waals surface area contributed by atoms with E-state index >= 15 is 0 Å². The molecule has 1 atom stereocenters.